The van der Waals surface area contributed by atoms with E-state index in [1.165, 1.54) is 24.2 Å². The Balaban J connectivity index is 1.73. The van der Waals surface area contributed by atoms with Crippen LogP contribution in [0.1, 0.15) is 31.1 Å². The average molecular weight is 388 g/mol. The van der Waals surface area contributed by atoms with E-state index in [1.807, 2.05) is 24.3 Å². The number of anilines is 1. The van der Waals surface area contributed by atoms with Crippen molar-refractivity contribution < 1.29 is 5.11 Å². The molecule has 0 aliphatic carbocycles. The topological polar surface area (TPSA) is 83.0 Å². The third kappa shape index (κ3) is 4.72. The smallest absolute Gasteiger partial charge is 0.180 e. The van der Waals surface area contributed by atoms with Crippen LogP contribution in [0.4, 0.5) is 5.82 Å². The zero-order valence-corrected chi connectivity index (χ0v) is 16.2. The first kappa shape index (κ1) is 18.6. The van der Waals surface area contributed by atoms with E-state index >= 15 is 0 Å². The number of hydrogen-bond donors (Lipinski definition) is 3. The predicted molar refractivity (Wildman–Crippen MR) is 110 cm³/mol. The molecule has 8 heteroatoms. The third-order valence-electron chi connectivity index (χ3n) is 3.78. The molecule has 0 aliphatic heterocycles. The number of aliphatic hydroxyl groups excluding tert-OH is 1. The number of pyridine rings is 1. The molecule has 0 unspecified atom stereocenters. The molecule has 0 amide bonds. The molecule has 3 heterocycles. The Hall–Kier alpha value is -2.16. The van der Waals surface area contributed by atoms with E-state index in [9.17, 15) is 5.11 Å². The van der Waals surface area contributed by atoms with E-state index < -0.39 is 0 Å². The number of unbranched alkanes of at least 4 members (excludes halogenated alkanes) is 2. The van der Waals surface area contributed by atoms with Gasteiger partial charge in [0, 0.05) is 11.4 Å². The van der Waals surface area contributed by atoms with E-state index in [4.69, 9.17) is 12.2 Å². The highest BCUT2D eigenvalue weighted by molar-refractivity contribution is 7.80. The Morgan fingerprint density at radius 3 is 2.85 bits per heavy atom. The fourth-order valence-corrected chi connectivity index (χ4v) is 3.45. The lowest BCUT2D eigenvalue weighted by atomic mass is 10.2. The maximum absolute atomic E-state index is 9.22. The number of rotatable bonds is 7. The molecular weight excluding hydrogens is 366 g/mol. The molecule has 0 spiro atoms. The maximum Gasteiger partial charge on any atom is 0.180 e. The molecule has 3 rings (SSSR count). The van der Waals surface area contributed by atoms with Gasteiger partial charge in [0.15, 0.2) is 10.8 Å². The molecule has 3 aromatic rings. The largest absolute Gasteiger partial charge is 0.391 e. The molecule has 0 radical (unpaired) electrons. The van der Waals surface area contributed by atoms with Crippen molar-refractivity contribution >= 4 is 45.6 Å². The number of aromatic nitrogens is 3. The predicted octanol–water partition coefficient (Wildman–Crippen LogP) is 3.72. The van der Waals surface area contributed by atoms with Crippen LogP contribution in [0, 0.1) is 0 Å². The van der Waals surface area contributed by atoms with Crippen molar-refractivity contribution in [2.45, 2.75) is 32.8 Å². The summed E-state index contributed by atoms with van der Waals surface area (Å²) < 4.78 is 0. The average Bonchev–Trinajstić information content (AvgIpc) is 3.14. The van der Waals surface area contributed by atoms with Gasteiger partial charge in [0.2, 0.25) is 0 Å². The molecule has 3 N–H and O–H groups in total. The summed E-state index contributed by atoms with van der Waals surface area (Å²) in [6.07, 6.45) is 5.18. The molecule has 0 atom stereocenters. The van der Waals surface area contributed by atoms with E-state index in [1.54, 1.807) is 6.20 Å². The summed E-state index contributed by atoms with van der Waals surface area (Å²) in [5.74, 6) is 0.638. The fraction of sp³-hybridized carbons (Fsp3) is 0.333. The van der Waals surface area contributed by atoms with Crippen molar-refractivity contribution in [3.63, 3.8) is 0 Å². The van der Waals surface area contributed by atoms with Gasteiger partial charge < -0.3 is 15.7 Å². The van der Waals surface area contributed by atoms with Gasteiger partial charge in [0.25, 0.3) is 0 Å². The van der Waals surface area contributed by atoms with Gasteiger partial charge >= 0.3 is 0 Å². The molecule has 0 bridgehead atoms. The van der Waals surface area contributed by atoms with Gasteiger partial charge in [0.05, 0.1) is 17.7 Å². The molecule has 0 saturated heterocycles. The van der Waals surface area contributed by atoms with E-state index in [0.29, 0.717) is 16.6 Å². The minimum atomic E-state index is 0.0285. The normalized spacial score (nSPS) is 10.8. The summed E-state index contributed by atoms with van der Waals surface area (Å²) in [7, 11) is 0. The Labute approximate surface area is 161 Å². The van der Waals surface area contributed by atoms with Crippen LogP contribution in [-0.4, -0.2) is 31.7 Å². The molecule has 6 nitrogen and oxygen atoms in total. The SMILES string of the molecule is CCCCCNC(=S)Nc1ccc2ncc(-c3ccc(CO)s3)nc2n1. The Bertz CT molecular complexity index is 896. The minimum Gasteiger partial charge on any atom is -0.391 e. The molecule has 0 aliphatic rings. The van der Waals surface area contributed by atoms with E-state index in [2.05, 4.69) is 32.5 Å². The highest BCUT2D eigenvalue weighted by atomic mass is 32.1. The van der Waals surface area contributed by atoms with Gasteiger partial charge in [-0.2, -0.15) is 0 Å². The Morgan fingerprint density at radius 2 is 2.08 bits per heavy atom. The second kappa shape index (κ2) is 8.98. The molecule has 0 fully saturated rings. The highest BCUT2D eigenvalue weighted by Gasteiger charge is 2.08. The van der Waals surface area contributed by atoms with Crippen molar-refractivity contribution in [2.75, 3.05) is 11.9 Å². The molecule has 136 valence electrons. The van der Waals surface area contributed by atoms with Gasteiger partial charge in [-0.1, -0.05) is 19.8 Å². The summed E-state index contributed by atoms with van der Waals surface area (Å²) in [5, 5.41) is 16.1. The molecule has 3 aromatic heterocycles. The van der Waals surface area contributed by atoms with Crippen molar-refractivity contribution in [3.8, 4) is 10.6 Å². The first-order valence-corrected chi connectivity index (χ1v) is 9.80. The van der Waals surface area contributed by atoms with Crippen molar-refractivity contribution in [1.29, 1.82) is 0 Å². The van der Waals surface area contributed by atoms with Gasteiger partial charge in [-0.3, -0.25) is 4.98 Å². The van der Waals surface area contributed by atoms with Gasteiger partial charge in [-0.15, -0.1) is 11.3 Å². The van der Waals surface area contributed by atoms with Crippen molar-refractivity contribution in [3.05, 3.63) is 35.3 Å². The number of nitrogens with one attached hydrogen (secondary N) is 2. The summed E-state index contributed by atoms with van der Waals surface area (Å²) in [6, 6.07) is 7.53. The molecule has 0 aromatic carbocycles. The van der Waals surface area contributed by atoms with Crippen LogP contribution in [0.3, 0.4) is 0 Å². The number of fused-ring (bicyclic) bond motifs is 1. The molecule has 0 saturated carbocycles. The number of thiocarbonyl (C=S) groups is 1. The Morgan fingerprint density at radius 1 is 1.19 bits per heavy atom. The maximum atomic E-state index is 9.22. The van der Waals surface area contributed by atoms with Crippen LogP contribution in [-0.2, 0) is 6.61 Å². The fourth-order valence-electron chi connectivity index (χ4n) is 2.42. The minimum absolute atomic E-state index is 0.0285. The van der Waals surface area contributed by atoms with Crippen LogP contribution in [0.2, 0.25) is 0 Å². The molecular formula is C18H21N5OS2. The lowest BCUT2D eigenvalue weighted by Gasteiger charge is -2.10. The van der Waals surface area contributed by atoms with Crippen LogP contribution >= 0.6 is 23.6 Å². The van der Waals surface area contributed by atoms with Crippen LogP contribution < -0.4 is 10.6 Å². The van der Waals surface area contributed by atoms with E-state index in [0.717, 1.165) is 33.9 Å². The summed E-state index contributed by atoms with van der Waals surface area (Å²) in [4.78, 5) is 15.4. The van der Waals surface area contributed by atoms with Gasteiger partial charge in [-0.25, -0.2) is 9.97 Å². The van der Waals surface area contributed by atoms with Crippen LogP contribution in [0.5, 0.6) is 0 Å². The zero-order valence-electron chi connectivity index (χ0n) is 14.5. The Kier molecular flexibility index (Phi) is 6.43. The monoisotopic (exact) mass is 387 g/mol. The molecule has 26 heavy (non-hydrogen) atoms. The lowest BCUT2D eigenvalue weighted by molar-refractivity contribution is 0.285. The van der Waals surface area contributed by atoms with Gasteiger partial charge in [-0.05, 0) is 42.9 Å². The second-order valence-electron chi connectivity index (χ2n) is 5.81. The number of hydrogen-bond acceptors (Lipinski definition) is 6. The third-order valence-corrected chi connectivity index (χ3v) is 5.12. The standard InChI is InChI=1S/C18H21N5OS2/c1-2-3-4-9-19-18(25)23-16-8-6-13-17(22-16)21-14(10-20-13)15-7-5-12(11-24)26-15/h5-8,10,24H,2-4,9,11H2,1H3,(H2,19,21,22,23,25). The summed E-state index contributed by atoms with van der Waals surface area (Å²) in [5.41, 5.74) is 2.02. The quantitative estimate of drug-likeness (QED) is 0.421. The first-order chi connectivity index (χ1) is 12.7. The number of thiophene rings is 1. The van der Waals surface area contributed by atoms with Crippen LogP contribution in [0.25, 0.3) is 21.7 Å². The second-order valence-corrected chi connectivity index (χ2v) is 7.38. The van der Waals surface area contributed by atoms with Crippen LogP contribution in [0.15, 0.2) is 30.5 Å². The summed E-state index contributed by atoms with van der Waals surface area (Å²) in [6.45, 7) is 3.05. The zero-order chi connectivity index (χ0) is 18.4. The summed E-state index contributed by atoms with van der Waals surface area (Å²) >= 11 is 6.80. The lowest BCUT2D eigenvalue weighted by Crippen LogP contribution is -2.29. The van der Waals surface area contributed by atoms with E-state index in [-0.39, 0.29) is 6.61 Å². The number of aliphatic hydroxyl groups is 1. The van der Waals surface area contributed by atoms with Crippen molar-refractivity contribution in [1.82, 2.24) is 20.3 Å². The van der Waals surface area contributed by atoms with Crippen molar-refractivity contribution in [2.24, 2.45) is 0 Å². The highest BCUT2D eigenvalue weighted by Crippen LogP contribution is 2.27. The number of nitrogens with zero attached hydrogens (tertiary/aromatic N) is 3. The first-order valence-electron chi connectivity index (χ1n) is 8.58. The van der Waals surface area contributed by atoms with Gasteiger partial charge in [0.1, 0.15) is 17.0 Å².